The second kappa shape index (κ2) is 11.4. The van der Waals surface area contributed by atoms with Crippen molar-refractivity contribution in [1.82, 2.24) is 9.21 Å². The van der Waals surface area contributed by atoms with Crippen LogP contribution in [0.15, 0.2) is 82.3 Å². The van der Waals surface area contributed by atoms with Crippen molar-refractivity contribution in [3.05, 3.63) is 89.5 Å². The molecule has 1 atom stereocenters. The second-order valence-corrected chi connectivity index (χ2v) is 12.3. The number of fused-ring (bicyclic) bond motifs is 1. The van der Waals surface area contributed by atoms with E-state index in [9.17, 15) is 31.2 Å². The molecule has 0 unspecified atom stereocenters. The first-order valence-electron chi connectivity index (χ1n) is 13.4. The number of benzene rings is 3. The highest BCUT2D eigenvalue weighted by atomic mass is 32.2. The van der Waals surface area contributed by atoms with E-state index in [1.165, 1.54) is 27.4 Å². The van der Waals surface area contributed by atoms with Gasteiger partial charge in [0.15, 0.2) is 5.78 Å². The highest BCUT2D eigenvalue weighted by Gasteiger charge is 2.40. The summed E-state index contributed by atoms with van der Waals surface area (Å²) in [6.45, 7) is 0.204. The first-order chi connectivity index (χ1) is 19.9. The largest absolute Gasteiger partial charge is 0.443 e. The van der Waals surface area contributed by atoms with Gasteiger partial charge in [0.1, 0.15) is 5.58 Å². The molecule has 5 rings (SSSR count). The van der Waals surface area contributed by atoms with Crippen molar-refractivity contribution < 1.29 is 35.6 Å². The van der Waals surface area contributed by atoms with E-state index in [0.29, 0.717) is 46.1 Å². The first kappa shape index (κ1) is 29.5. The summed E-state index contributed by atoms with van der Waals surface area (Å²) in [5, 5.41) is 0.448. The molecule has 0 spiro atoms. The Morgan fingerprint density at radius 3 is 2.38 bits per heavy atom. The lowest BCUT2D eigenvalue weighted by Crippen LogP contribution is -2.40. The Bertz CT molecular complexity index is 1710. The molecule has 0 bridgehead atoms. The fraction of sp³-hybridized carbons (Fsp3) is 0.290. The van der Waals surface area contributed by atoms with Gasteiger partial charge in [-0.05, 0) is 60.2 Å². The zero-order valence-electron chi connectivity index (χ0n) is 23.0. The van der Waals surface area contributed by atoms with Crippen molar-refractivity contribution in [3.63, 3.8) is 0 Å². The molecule has 2 heterocycles. The van der Waals surface area contributed by atoms with E-state index in [1.54, 1.807) is 56.6 Å². The normalized spacial score (nSPS) is 16.2. The third-order valence-corrected chi connectivity index (χ3v) is 9.21. The minimum atomic E-state index is -4.49. The zero-order chi connectivity index (χ0) is 30.2. The van der Waals surface area contributed by atoms with Crippen LogP contribution in [0.4, 0.5) is 13.2 Å². The van der Waals surface area contributed by atoms with Crippen LogP contribution >= 0.6 is 0 Å². The molecular formula is C31H29F3N2O5S. The van der Waals surface area contributed by atoms with E-state index in [0.717, 1.165) is 12.1 Å². The number of nitrogens with zero attached hydrogens (tertiary/aromatic N) is 2. The van der Waals surface area contributed by atoms with Crippen molar-refractivity contribution in [1.29, 1.82) is 0 Å². The summed E-state index contributed by atoms with van der Waals surface area (Å²) in [4.78, 5) is 27.5. The minimum absolute atomic E-state index is 0.0459. The lowest BCUT2D eigenvalue weighted by Gasteiger charge is -2.22. The van der Waals surface area contributed by atoms with Crippen LogP contribution in [0.1, 0.15) is 40.7 Å². The van der Waals surface area contributed by atoms with E-state index in [-0.39, 0.29) is 36.2 Å². The van der Waals surface area contributed by atoms with Crippen LogP contribution in [0.5, 0.6) is 0 Å². The number of hydrogen-bond acceptors (Lipinski definition) is 5. The lowest BCUT2D eigenvalue weighted by atomic mass is 9.93. The molecule has 1 fully saturated rings. The van der Waals surface area contributed by atoms with E-state index < -0.39 is 27.8 Å². The molecule has 1 amide bonds. The van der Waals surface area contributed by atoms with Gasteiger partial charge >= 0.3 is 6.18 Å². The number of aryl methyl sites for hydroxylation is 1. The molecular weight excluding hydrogens is 569 g/mol. The van der Waals surface area contributed by atoms with Gasteiger partial charge in [0.2, 0.25) is 5.09 Å². The van der Waals surface area contributed by atoms with Crippen LogP contribution in [-0.4, -0.2) is 56.0 Å². The van der Waals surface area contributed by atoms with E-state index in [2.05, 4.69) is 0 Å². The molecule has 1 saturated heterocycles. The number of halogens is 3. The highest BCUT2D eigenvalue weighted by Crippen LogP contribution is 2.34. The molecule has 1 aliphatic heterocycles. The summed E-state index contributed by atoms with van der Waals surface area (Å²) in [7, 11) is -0.871. The monoisotopic (exact) mass is 598 g/mol. The van der Waals surface area contributed by atoms with Crippen molar-refractivity contribution >= 4 is 32.7 Å². The molecule has 1 aromatic heterocycles. The fourth-order valence-corrected chi connectivity index (χ4v) is 6.87. The third-order valence-electron chi connectivity index (χ3n) is 7.45. The van der Waals surface area contributed by atoms with Gasteiger partial charge in [-0.25, -0.2) is 8.42 Å². The molecule has 1 aliphatic rings. The summed E-state index contributed by atoms with van der Waals surface area (Å²) in [6, 6.07) is 17.2. The number of furan rings is 1. The van der Waals surface area contributed by atoms with Gasteiger partial charge in [0, 0.05) is 44.1 Å². The van der Waals surface area contributed by atoms with Crippen molar-refractivity contribution in [2.75, 3.05) is 20.6 Å². The number of carbonyl (C=O) groups is 2. The topological polar surface area (TPSA) is 87.9 Å². The number of Topliss-reactive ketones (excluding diaryl/α,β-unsaturated/α-hetero) is 1. The van der Waals surface area contributed by atoms with Gasteiger partial charge in [0.05, 0.1) is 11.6 Å². The molecule has 11 heteroatoms. The maximum Gasteiger partial charge on any atom is 0.416 e. The molecule has 0 radical (unpaired) electrons. The Kier molecular flexibility index (Phi) is 8.00. The van der Waals surface area contributed by atoms with Gasteiger partial charge in [-0.3, -0.25) is 9.59 Å². The summed E-state index contributed by atoms with van der Waals surface area (Å²) in [6.07, 6.45) is -3.25. The Morgan fingerprint density at radius 2 is 1.71 bits per heavy atom. The summed E-state index contributed by atoms with van der Waals surface area (Å²) in [5.41, 5.74) is 1.53. The fourth-order valence-electron chi connectivity index (χ4n) is 5.24. The third kappa shape index (κ3) is 5.84. The Morgan fingerprint density at radius 1 is 1.00 bits per heavy atom. The van der Waals surface area contributed by atoms with E-state index in [1.807, 2.05) is 0 Å². The molecule has 4 aromatic rings. The predicted octanol–water partition coefficient (Wildman–Crippen LogP) is 6.18. The summed E-state index contributed by atoms with van der Waals surface area (Å²) >= 11 is 0. The van der Waals surface area contributed by atoms with Crippen molar-refractivity contribution in [2.45, 2.75) is 43.0 Å². The van der Waals surface area contributed by atoms with Crippen LogP contribution in [0.2, 0.25) is 0 Å². The number of amides is 1. The van der Waals surface area contributed by atoms with E-state index >= 15 is 0 Å². The second-order valence-electron chi connectivity index (χ2n) is 10.5. The van der Waals surface area contributed by atoms with Crippen molar-refractivity contribution in [3.8, 4) is 11.1 Å². The molecule has 3 aromatic carbocycles. The van der Waals surface area contributed by atoms with Crippen LogP contribution < -0.4 is 0 Å². The Labute approximate surface area is 241 Å². The minimum Gasteiger partial charge on any atom is -0.443 e. The van der Waals surface area contributed by atoms with Crippen molar-refractivity contribution in [2.24, 2.45) is 0 Å². The number of sulfonamides is 1. The smallest absolute Gasteiger partial charge is 0.416 e. The molecule has 42 heavy (non-hydrogen) atoms. The van der Waals surface area contributed by atoms with Gasteiger partial charge in [0.25, 0.3) is 15.9 Å². The molecule has 0 saturated carbocycles. The van der Waals surface area contributed by atoms with Crippen LogP contribution in [-0.2, 0) is 27.4 Å². The van der Waals surface area contributed by atoms with Gasteiger partial charge in [-0.2, -0.15) is 17.5 Å². The maximum atomic E-state index is 13.4. The Hall–Kier alpha value is -3.96. The predicted molar refractivity (Wildman–Crippen MR) is 151 cm³/mol. The van der Waals surface area contributed by atoms with Gasteiger partial charge < -0.3 is 9.32 Å². The lowest BCUT2D eigenvalue weighted by molar-refractivity contribution is -0.137. The van der Waals surface area contributed by atoms with Gasteiger partial charge in [-0.15, -0.1) is 0 Å². The number of alkyl halides is 3. The Balaban J connectivity index is 1.36. The number of rotatable bonds is 8. The molecule has 7 nitrogen and oxygen atoms in total. The van der Waals surface area contributed by atoms with E-state index in [4.69, 9.17) is 4.42 Å². The molecule has 0 aliphatic carbocycles. The highest BCUT2D eigenvalue weighted by molar-refractivity contribution is 7.89. The number of ketones is 1. The zero-order valence-corrected chi connectivity index (χ0v) is 23.8. The van der Waals surface area contributed by atoms with Crippen LogP contribution in [0.25, 0.3) is 22.1 Å². The average molecular weight is 599 g/mol. The SMILES string of the molecule is CN(C)C(=O)c1ccc(CCC(=O)[C@@H]2CCCN2S(=O)(=O)c2cc3ccccc3o2)cc1-c1ccc(C(F)(F)F)cc1. The van der Waals surface area contributed by atoms with Crippen LogP contribution in [0.3, 0.4) is 0 Å². The molecule has 220 valence electrons. The molecule has 0 N–H and O–H groups in total. The number of para-hydroxylation sites is 1. The number of hydrogen-bond donors (Lipinski definition) is 0. The van der Waals surface area contributed by atoms with Gasteiger partial charge in [-0.1, -0.05) is 42.5 Å². The summed E-state index contributed by atoms with van der Waals surface area (Å²) < 4.78 is 73.0. The average Bonchev–Trinajstić information content (AvgIpc) is 3.64. The standard InChI is InChI=1S/C31H29F3N2O5S/c1-35(2)30(38)24-15-9-20(18-25(24)21-11-13-23(14-12-21)31(32,33)34)10-16-27(37)26-7-5-17-36(26)42(39,40)29-19-22-6-3-4-8-28(22)41-29/h3-4,6,8-9,11-15,18-19,26H,5,7,10,16-17H2,1-2H3/t26-/m0/s1. The first-order valence-corrected chi connectivity index (χ1v) is 14.9. The maximum absolute atomic E-state index is 13.4. The number of carbonyl (C=O) groups excluding carboxylic acids is 2. The van der Waals surface area contributed by atoms with Crippen LogP contribution in [0, 0.1) is 0 Å². The summed E-state index contributed by atoms with van der Waals surface area (Å²) in [5.74, 6) is -0.554. The quantitative estimate of drug-likeness (QED) is 0.242.